The Kier molecular flexibility index (Phi) is 4.77. The van der Waals surface area contributed by atoms with Crippen molar-refractivity contribution in [2.45, 2.75) is 39.4 Å². The molecular formula is C19H24O3. The molecule has 0 saturated carbocycles. The van der Waals surface area contributed by atoms with Gasteiger partial charge in [0, 0.05) is 11.3 Å². The van der Waals surface area contributed by atoms with E-state index >= 15 is 0 Å². The maximum atomic E-state index is 9.77. The van der Waals surface area contributed by atoms with E-state index in [4.69, 9.17) is 4.74 Å². The number of hydrogen-bond acceptors (Lipinski definition) is 3. The van der Waals surface area contributed by atoms with Crippen molar-refractivity contribution in [1.82, 2.24) is 0 Å². The summed E-state index contributed by atoms with van der Waals surface area (Å²) in [6.45, 7) is 8.09. The fraction of sp³-hybridized carbons (Fsp3) is 0.368. The van der Waals surface area contributed by atoms with Gasteiger partial charge in [0.15, 0.2) is 6.29 Å². The van der Waals surface area contributed by atoms with E-state index in [9.17, 15) is 10.2 Å². The Balaban J connectivity index is 2.20. The van der Waals surface area contributed by atoms with E-state index in [1.807, 2.05) is 50.2 Å². The molecule has 0 heterocycles. The summed E-state index contributed by atoms with van der Waals surface area (Å²) in [6.07, 6.45) is -0.795. The SMILES string of the molecule is CC(C)C(O)Oc1ccc(C(C)(C)c2ccc(O)cc2)cc1. The molecule has 1 unspecified atom stereocenters. The zero-order valence-corrected chi connectivity index (χ0v) is 13.6. The van der Waals surface area contributed by atoms with Gasteiger partial charge in [0.25, 0.3) is 0 Å². The number of ether oxygens (including phenoxy) is 1. The summed E-state index contributed by atoms with van der Waals surface area (Å²) in [4.78, 5) is 0. The lowest BCUT2D eigenvalue weighted by Crippen LogP contribution is -2.22. The third-order valence-corrected chi connectivity index (χ3v) is 3.99. The first-order valence-corrected chi connectivity index (χ1v) is 7.55. The van der Waals surface area contributed by atoms with Crippen molar-refractivity contribution < 1.29 is 14.9 Å². The van der Waals surface area contributed by atoms with Gasteiger partial charge in [-0.05, 0) is 35.4 Å². The molecule has 0 radical (unpaired) electrons. The van der Waals surface area contributed by atoms with E-state index in [-0.39, 0.29) is 17.1 Å². The van der Waals surface area contributed by atoms with Gasteiger partial charge in [0.2, 0.25) is 0 Å². The number of benzene rings is 2. The van der Waals surface area contributed by atoms with E-state index < -0.39 is 6.29 Å². The molecule has 0 spiro atoms. The standard InChI is InChI=1S/C19H24O3/c1-13(2)18(21)22-17-11-7-15(8-12-17)19(3,4)14-5-9-16(20)10-6-14/h5-13,18,20-21H,1-4H3. The second-order valence-electron chi connectivity index (χ2n) is 6.45. The summed E-state index contributed by atoms with van der Waals surface area (Å²) < 4.78 is 5.49. The first-order valence-electron chi connectivity index (χ1n) is 7.55. The molecule has 3 nitrogen and oxygen atoms in total. The van der Waals surface area contributed by atoms with Crippen LogP contribution in [0, 0.1) is 5.92 Å². The quantitative estimate of drug-likeness (QED) is 0.818. The Morgan fingerprint density at radius 3 is 1.77 bits per heavy atom. The normalized spacial score (nSPS) is 13.2. The van der Waals surface area contributed by atoms with Gasteiger partial charge >= 0.3 is 0 Å². The number of rotatable bonds is 5. The Morgan fingerprint density at radius 1 is 0.864 bits per heavy atom. The number of phenols is 1. The highest BCUT2D eigenvalue weighted by atomic mass is 16.6. The molecule has 2 rings (SSSR count). The van der Waals surface area contributed by atoms with Crippen molar-refractivity contribution >= 4 is 0 Å². The summed E-state index contributed by atoms with van der Waals surface area (Å²) in [5.41, 5.74) is 2.09. The average Bonchev–Trinajstić information content (AvgIpc) is 2.48. The van der Waals surface area contributed by atoms with Crippen LogP contribution in [0.15, 0.2) is 48.5 Å². The van der Waals surface area contributed by atoms with Crippen LogP contribution >= 0.6 is 0 Å². The van der Waals surface area contributed by atoms with Crippen molar-refractivity contribution in [3.8, 4) is 11.5 Å². The summed E-state index contributed by atoms with van der Waals surface area (Å²) >= 11 is 0. The molecule has 1 atom stereocenters. The van der Waals surface area contributed by atoms with Crippen LogP contribution in [-0.4, -0.2) is 16.5 Å². The van der Waals surface area contributed by atoms with E-state index in [1.165, 1.54) is 0 Å². The van der Waals surface area contributed by atoms with E-state index in [1.54, 1.807) is 12.1 Å². The van der Waals surface area contributed by atoms with E-state index in [0.717, 1.165) is 11.1 Å². The first-order chi connectivity index (χ1) is 10.3. The molecule has 0 aliphatic heterocycles. The lowest BCUT2D eigenvalue weighted by atomic mass is 9.78. The van der Waals surface area contributed by atoms with Crippen molar-refractivity contribution in [3.63, 3.8) is 0 Å². The molecule has 0 amide bonds. The van der Waals surface area contributed by atoms with E-state index in [2.05, 4.69) is 13.8 Å². The molecule has 0 aliphatic rings. The summed E-state index contributed by atoms with van der Waals surface area (Å²) in [5.74, 6) is 0.977. The molecule has 2 N–H and O–H groups in total. The highest BCUT2D eigenvalue weighted by Crippen LogP contribution is 2.33. The van der Waals surface area contributed by atoms with Crippen LogP contribution in [0.5, 0.6) is 11.5 Å². The van der Waals surface area contributed by atoms with Crippen molar-refractivity contribution in [2.24, 2.45) is 5.92 Å². The van der Waals surface area contributed by atoms with Gasteiger partial charge in [-0.2, -0.15) is 0 Å². The third kappa shape index (κ3) is 3.60. The number of aliphatic hydroxyl groups is 1. The minimum absolute atomic E-state index is 0.0492. The predicted molar refractivity (Wildman–Crippen MR) is 88.1 cm³/mol. The zero-order valence-electron chi connectivity index (χ0n) is 13.6. The zero-order chi connectivity index (χ0) is 16.3. The average molecular weight is 300 g/mol. The molecular weight excluding hydrogens is 276 g/mol. The predicted octanol–water partition coefficient (Wildman–Crippen LogP) is 4.07. The lowest BCUT2D eigenvalue weighted by Gasteiger charge is -2.26. The largest absolute Gasteiger partial charge is 0.508 e. The number of phenolic OH excluding ortho intramolecular Hbond substituents is 1. The third-order valence-electron chi connectivity index (χ3n) is 3.99. The second-order valence-corrected chi connectivity index (χ2v) is 6.45. The highest BCUT2D eigenvalue weighted by Gasteiger charge is 2.23. The van der Waals surface area contributed by atoms with Gasteiger partial charge in [0.1, 0.15) is 11.5 Å². The molecule has 2 aromatic carbocycles. The maximum absolute atomic E-state index is 9.77. The first kappa shape index (κ1) is 16.4. The van der Waals surface area contributed by atoms with Gasteiger partial charge < -0.3 is 14.9 Å². The van der Waals surface area contributed by atoms with Crippen LogP contribution in [-0.2, 0) is 5.41 Å². The smallest absolute Gasteiger partial charge is 0.199 e. The fourth-order valence-electron chi connectivity index (χ4n) is 2.27. The molecule has 0 aliphatic carbocycles. The van der Waals surface area contributed by atoms with Crippen LogP contribution in [0.2, 0.25) is 0 Å². The molecule has 118 valence electrons. The van der Waals surface area contributed by atoms with Gasteiger partial charge in [0.05, 0.1) is 0 Å². The lowest BCUT2D eigenvalue weighted by molar-refractivity contribution is -0.0515. The highest BCUT2D eigenvalue weighted by molar-refractivity contribution is 5.41. The molecule has 0 aromatic heterocycles. The number of aliphatic hydroxyl groups excluding tert-OH is 1. The fourth-order valence-corrected chi connectivity index (χ4v) is 2.27. The van der Waals surface area contributed by atoms with E-state index in [0.29, 0.717) is 5.75 Å². The summed E-state index contributed by atoms with van der Waals surface area (Å²) in [7, 11) is 0. The van der Waals surface area contributed by atoms with Gasteiger partial charge in [-0.15, -0.1) is 0 Å². The monoisotopic (exact) mass is 300 g/mol. The van der Waals surface area contributed by atoms with Crippen LogP contribution < -0.4 is 4.74 Å². The van der Waals surface area contributed by atoms with Crippen LogP contribution in [0.25, 0.3) is 0 Å². The Morgan fingerprint density at radius 2 is 1.32 bits per heavy atom. The molecule has 2 aromatic rings. The van der Waals surface area contributed by atoms with Crippen molar-refractivity contribution in [1.29, 1.82) is 0 Å². The molecule has 0 saturated heterocycles. The van der Waals surface area contributed by atoms with Crippen molar-refractivity contribution in [3.05, 3.63) is 59.7 Å². The Bertz CT molecular complexity index is 598. The maximum Gasteiger partial charge on any atom is 0.199 e. The summed E-state index contributed by atoms with van der Waals surface area (Å²) in [6, 6.07) is 15.0. The van der Waals surface area contributed by atoms with Gasteiger partial charge in [-0.25, -0.2) is 0 Å². The topological polar surface area (TPSA) is 49.7 Å². The van der Waals surface area contributed by atoms with Gasteiger partial charge in [-0.3, -0.25) is 0 Å². The van der Waals surface area contributed by atoms with Crippen LogP contribution in [0.4, 0.5) is 0 Å². The van der Waals surface area contributed by atoms with Crippen LogP contribution in [0.3, 0.4) is 0 Å². The van der Waals surface area contributed by atoms with Crippen LogP contribution in [0.1, 0.15) is 38.8 Å². The minimum Gasteiger partial charge on any atom is -0.508 e. The number of aromatic hydroxyl groups is 1. The molecule has 0 fully saturated rings. The summed E-state index contributed by atoms with van der Waals surface area (Å²) in [5, 5.41) is 19.2. The Hall–Kier alpha value is -2.00. The molecule has 3 heteroatoms. The molecule has 22 heavy (non-hydrogen) atoms. The van der Waals surface area contributed by atoms with Gasteiger partial charge in [-0.1, -0.05) is 52.0 Å². The molecule has 0 bridgehead atoms. The number of hydrogen-bond donors (Lipinski definition) is 2. The Labute approximate surface area is 132 Å². The van der Waals surface area contributed by atoms with Crippen molar-refractivity contribution in [2.75, 3.05) is 0 Å². The second kappa shape index (κ2) is 6.41. The minimum atomic E-state index is -0.795.